The summed E-state index contributed by atoms with van der Waals surface area (Å²) in [5.74, 6) is -0.820. The maximum atomic E-state index is 11.7. The van der Waals surface area contributed by atoms with Crippen LogP contribution >= 0.6 is 0 Å². The molecule has 0 unspecified atom stereocenters. The second-order valence-electron chi connectivity index (χ2n) is 3.96. The number of amides is 2. The highest BCUT2D eigenvalue weighted by atomic mass is 32.2. The van der Waals surface area contributed by atoms with Crippen LogP contribution in [0.2, 0.25) is 0 Å². The summed E-state index contributed by atoms with van der Waals surface area (Å²) in [6, 6.07) is 0. The molecule has 2 rings (SSSR count). The van der Waals surface area contributed by atoms with E-state index in [1.54, 1.807) is 0 Å². The fraction of sp³-hybridized carbons (Fsp3) is 0.750. The zero-order valence-electron chi connectivity index (χ0n) is 8.10. The van der Waals surface area contributed by atoms with E-state index in [0.717, 1.165) is 17.1 Å². The van der Waals surface area contributed by atoms with Crippen molar-refractivity contribution in [3.8, 4) is 0 Å². The maximum Gasteiger partial charge on any atom is 0.241 e. The van der Waals surface area contributed by atoms with Gasteiger partial charge in [0.25, 0.3) is 0 Å². The summed E-state index contributed by atoms with van der Waals surface area (Å²) in [7, 11) is -3.43. The van der Waals surface area contributed by atoms with Crippen molar-refractivity contribution >= 4 is 21.8 Å². The molecule has 0 aromatic carbocycles. The minimum Gasteiger partial charge on any atom is -0.294 e. The molecule has 1 saturated carbocycles. The van der Waals surface area contributed by atoms with Gasteiger partial charge < -0.3 is 0 Å². The summed E-state index contributed by atoms with van der Waals surface area (Å²) >= 11 is 0. The van der Waals surface area contributed by atoms with E-state index in [2.05, 4.69) is 5.32 Å². The Morgan fingerprint density at radius 2 is 1.73 bits per heavy atom. The summed E-state index contributed by atoms with van der Waals surface area (Å²) in [5.41, 5.74) is 0. The molecule has 0 radical (unpaired) electrons. The fourth-order valence-electron chi connectivity index (χ4n) is 1.50. The fourth-order valence-corrected chi connectivity index (χ4v) is 3.26. The van der Waals surface area contributed by atoms with E-state index in [1.807, 2.05) is 0 Å². The third kappa shape index (κ3) is 2.54. The Labute approximate surface area is 87.7 Å². The summed E-state index contributed by atoms with van der Waals surface area (Å²) in [5, 5.41) is 2.07. The van der Waals surface area contributed by atoms with Gasteiger partial charge in [0.1, 0.15) is 0 Å². The van der Waals surface area contributed by atoms with Gasteiger partial charge in [-0.15, -0.1) is 0 Å². The minimum atomic E-state index is -3.43. The van der Waals surface area contributed by atoms with Gasteiger partial charge in [0.15, 0.2) is 0 Å². The molecule has 2 amide bonds. The van der Waals surface area contributed by atoms with E-state index in [1.165, 1.54) is 0 Å². The number of nitrogens with one attached hydrogen (secondary N) is 1. The molecule has 84 valence electrons. The highest BCUT2D eigenvalue weighted by Gasteiger charge is 2.36. The van der Waals surface area contributed by atoms with Gasteiger partial charge in [0.05, 0.1) is 18.8 Å². The molecule has 1 aliphatic carbocycles. The van der Waals surface area contributed by atoms with Crippen LogP contribution in [0.3, 0.4) is 0 Å². The molecule has 1 aliphatic heterocycles. The van der Waals surface area contributed by atoms with Gasteiger partial charge in [-0.25, -0.2) is 8.42 Å². The van der Waals surface area contributed by atoms with Crippen LogP contribution in [-0.2, 0) is 19.6 Å². The van der Waals surface area contributed by atoms with Crippen LogP contribution in [0.4, 0.5) is 0 Å². The zero-order valence-corrected chi connectivity index (χ0v) is 8.92. The van der Waals surface area contributed by atoms with Gasteiger partial charge in [0, 0.05) is 0 Å². The molecule has 2 aliphatic rings. The molecular formula is C8H12N2O4S. The van der Waals surface area contributed by atoms with Gasteiger partial charge >= 0.3 is 0 Å². The number of hydrogen-bond donors (Lipinski definition) is 1. The number of carbonyl (C=O) groups is 2. The van der Waals surface area contributed by atoms with Gasteiger partial charge in [0.2, 0.25) is 21.8 Å². The molecule has 0 atom stereocenters. The van der Waals surface area contributed by atoms with Crippen molar-refractivity contribution in [1.29, 1.82) is 0 Å². The lowest BCUT2D eigenvalue weighted by atomic mass is 10.4. The molecule has 15 heavy (non-hydrogen) atoms. The summed E-state index contributed by atoms with van der Waals surface area (Å²) in [6.45, 7) is -0.471. The van der Waals surface area contributed by atoms with E-state index >= 15 is 0 Å². The molecule has 0 aromatic heterocycles. The van der Waals surface area contributed by atoms with Crippen LogP contribution in [0.5, 0.6) is 0 Å². The van der Waals surface area contributed by atoms with Crippen LogP contribution in [0, 0.1) is 5.92 Å². The number of piperazine rings is 1. The Kier molecular flexibility index (Phi) is 2.51. The predicted octanol–water partition coefficient (Wildman–Crippen LogP) is -1.32. The maximum absolute atomic E-state index is 11.7. The van der Waals surface area contributed by atoms with Crippen molar-refractivity contribution in [2.24, 2.45) is 5.92 Å². The standard InChI is InChI=1S/C8H12N2O4S/c11-7-3-10(4-8(12)9-7)15(13,14)5-6-1-2-6/h6H,1-5H2,(H,9,11,12). The lowest BCUT2D eigenvalue weighted by molar-refractivity contribution is -0.134. The summed E-state index contributed by atoms with van der Waals surface area (Å²) < 4.78 is 24.4. The first-order valence-corrected chi connectivity index (χ1v) is 6.39. The molecule has 1 N–H and O–H groups in total. The van der Waals surface area contributed by atoms with Crippen LogP contribution in [0.15, 0.2) is 0 Å². The molecule has 0 spiro atoms. The molecule has 7 heteroatoms. The van der Waals surface area contributed by atoms with E-state index in [0.29, 0.717) is 0 Å². The number of imide groups is 1. The van der Waals surface area contributed by atoms with E-state index in [4.69, 9.17) is 0 Å². The monoisotopic (exact) mass is 232 g/mol. The van der Waals surface area contributed by atoms with Crippen molar-refractivity contribution in [3.05, 3.63) is 0 Å². The highest BCUT2D eigenvalue weighted by molar-refractivity contribution is 7.89. The summed E-state index contributed by atoms with van der Waals surface area (Å²) in [4.78, 5) is 22.0. The lowest BCUT2D eigenvalue weighted by Gasteiger charge is -2.24. The molecular weight excluding hydrogens is 220 g/mol. The molecule has 2 fully saturated rings. The first kappa shape index (κ1) is 10.6. The van der Waals surface area contributed by atoms with E-state index in [9.17, 15) is 18.0 Å². The number of nitrogens with zero attached hydrogens (tertiary/aromatic N) is 1. The van der Waals surface area contributed by atoms with Crippen molar-refractivity contribution in [2.75, 3.05) is 18.8 Å². The first-order valence-electron chi connectivity index (χ1n) is 4.78. The number of rotatable bonds is 3. The number of sulfonamides is 1. The third-order valence-corrected chi connectivity index (χ3v) is 4.39. The average Bonchev–Trinajstić information content (AvgIpc) is 2.85. The number of carbonyl (C=O) groups excluding carboxylic acids is 2. The number of hydrogen-bond acceptors (Lipinski definition) is 4. The molecule has 1 saturated heterocycles. The Bertz CT molecular complexity index is 383. The SMILES string of the molecule is O=C1CN(S(=O)(=O)CC2CC2)CC(=O)N1. The van der Waals surface area contributed by atoms with Crippen molar-refractivity contribution < 1.29 is 18.0 Å². The van der Waals surface area contributed by atoms with Gasteiger partial charge in [-0.1, -0.05) is 0 Å². The second kappa shape index (κ2) is 3.57. The van der Waals surface area contributed by atoms with Crippen molar-refractivity contribution in [1.82, 2.24) is 9.62 Å². The normalized spacial score (nSPS) is 24.0. The third-order valence-electron chi connectivity index (χ3n) is 2.46. The highest BCUT2D eigenvalue weighted by Crippen LogP contribution is 2.31. The molecule has 6 nitrogen and oxygen atoms in total. The quantitative estimate of drug-likeness (QED) is 0.612. The van der Waals surface area contributed by atoms with Gasteiger partial charge in [-0.2, -0.15) is 4.31 Å². The minimum absolute atomic E-state index is 0.0631. The Morgan fingerprint density at radius 3 is 2.20 bits per heavy atom. The van der Waals surface area contributed by atoms with E-state index in [-0.39, 0.29) is 24.8 Å². The lowest BCUT2D eigenvalue weighted by Crippen LogP contribution is -2.53. The summed E-state index contributed by atoms with van der Waals surface area (Å²) in [6.07, 6.45) is 1.85. The Balaban J connectivity index is 2.07. The Morgan fingerprint density at radius 1 is 1.20 bits per heavy atom. The van der Waals surface area contributed by atoms with Crippen LogP contribution in [0.1, 0.15) is 12.8 Å². The first-order chi connectivity index (χ1) is 6.97. The second-order valence-corrected chi connectivity index (χ2v) is 5.97. The van der Waals surface area contributed by atoms with Crippen molar-refractivity contribution in [2.45, 2.75) is 12.8 Å². The van der Waals surface area contributed by atoms with Gasteiger partial charge in [-0.05, 0) is 18.8 Å². The molecule has 0 bridgehead atoms. The Hall–Kier alpha value is -0.950. The largest absolute Gasteiger partial charge is 0.294 e. The predicted molar refractivity (Wildman–Crippen MR) is 51.2 cm³/mol. The van der Waals surface area contributed by atoms with E-state index < -0.39 is 21.8 Å². The van der Waals surface area contributed by atoms with Gasteiger partial charge in [-0.3, -0.25) is 14.9 Å². The van der Waals surface area contributed by atoms with Crippen LogP contribution in [-0.4, -0.2) is 43.4 Å². The smallest absolute Gasteiger partial charge is 0.241 e. The van der Waals surface area contributed by atoms with Crippen LogP contribution < -0.4 is 5.32 Å². The van der Waals surface area contributed by atoms with Crippen molar-refractivity contribution in [3.63, 3.8) is 0 Å². The molecule has 1 heterocycles. The molecule has 0 aromatic rings. The van der Waals surface area contributed by atoms with Crippen LogP contribution in [0.25, 0.3) is 0 Å². The topological polar surface area (TPSA) is 83.6 Å². The average molecular weight is 232 g/mol. The zero-order chi connectivity index (χ0) is 11.1.